The minimum Gasteiger partial charge on any atom is -0.491 e. The van der Waals surface area contributed by atoms with Crippen molar-refractivity contribution < 1.29 is 24.2 Å². The summed E-state index contributed by atoms with van der Waals surface area (Å²) in [7, 11) is 1.61. The number of hydrogen-bond donors (Lipinski definition) is 1. The zero-order valence-corrected chi connectivity index (χ0v) is 24.8. The number of carbonyl (C=O) groups excluding carboxylic acids is 2. The molecule has 3 amide bonds. The Morgan fingerprint density at radius 3 is 2.38 bits per heavy atom. The molecule has 218 valence electrons. The highest BCUT2D eigenvalue weighted by Crippen LogP contribution is 2.33. The van der Waals surface area contributed by atoms with E-state index in [9.17, 15) is 19.5 Å². The van der Waals surface area contributed by atoms with E-state index in [-0.39, 0.29) is 44.1 Å². The summed E-state index contributed by atoms with van der Waals surface area (Å²) in [5, 5.41) is 10.4. The molecule has 0 radical (unpaired) electrons. The van der Waals surface area contributed by atoms with Gasteiger partial charge in [0.25, 0.3) is 0 Å². The molecule has 2 aromatic rings. The number of hydrogen-bond acceptors (Lipinski definition) is 5. The summed E-state index contributed by atoms with van der Waals surface area (Å²) < 4.78 is 5.91. The molecule has 1 atom stereocenters. The first-order valence-electron chi connectivity index (χ1n) is 14.2. The van der Waals surface area contributed by atoms with E-state index >= 15 is 0 Å². The SMILES string of the molecule is CC.Cc1cc(CN(CC2CCCC2)C(CC(=O)O)c2ccc(Cl)cc2)ccc1OCCN1C(=O)CN(C)C1=O. The molecule has 2 aliphatic rings. The number of carbonyl (C=O) groups is 3. The highest BCUT2D eigenvalue weighted by molar-refractivity contribution is 6.30. The lowest BCUT2D eigenvalue weighted by Gasteiger charge is -2.33. The minimum absolute atomic E-state index is 0.0116. The van der Waals surface area contributed by atoms with Gasteiger partial charge in [-0.25, -0.2) is 4.79 Å². The summed E-state index contributed by atoms with van der Waals surface area (Å²) in [6.07, 6.45) is 4.79. The second-order valence-electron chi connectivity index (χ2n) is 10.4. The Kier molecular flexibility index (Phi) is 11.8. The number of amides is 3. The van der Waals surface area contributed by atoms with Crippen LogP contribution in [0.15, 0.2) is 42.5 Å². The van der Waals surface area contributed by atoms with Crippen LogP contribution < -0.4 is 4.74 Å². The van der Waals surface area contributed by atoms with Crippen LogP contribution >= 0.6 is 11.6 Å². The molecule has 4 rings (SSSR count). The third-order valence-electron chi connectivity index (χ3n) is 7.46. The first-order valence-corrected chi connectivity index (χ1v) is 14.6. The van der Waals surface area contributed by atoms with Crippen LogP contribution in [0.2, 0.25) is 5.02 Å². The Morgan fingerprint density at radius 2 is 1.80 bits per heavy atom. The second kappa shape index (κ2) is 15.1. The Hall–Kier alpha value is -3.10. The third kappa shape index (κ3) is 8.45. The molecule has 2 aromatic carbocycles. The van der Waals surface area contributed by atoms with Gasteiger partial charge in [0.15, 0.2) is 0 Å². The number of rotatable bonds is 12. The lowest BCUT2D eigenvalue weighted by molar-refractivity contribution is -0.138. The number of halogens is 1. The van der Waals surface area contributed by atoms with Gasteiger partial charge in [-0.1, -0.05) is 62.6 Å². The minimum atomic E-state index is -0.831. The Morgan fingerprint density at radius 1 is 1.12 bits per heavy atom. The first kappa shape index (κ1) is 31.4. The third-order valence-corrected chi connectivity index (χ3v) is 7.71. The maximum Gasteiger partial charge on any atom is 0.327 e. The maximum atomic E-state index is 12.1. The van der Waals surface area contributed by atoms with Gasteiger partial charge in [0.2, 0.25) is 5.91 Å². The standard InChI is InChI=1S/C29H36ClN3O5.C2H6/c1-20-15-22(7-12-26(20)38-14-13-33-27(34)19-31(2)29(33)37)18-32(17-21-5-3-4-6-21)25(16-28(35)36)23-8-10-24(30)11-9-23;1-2/h7-12,15,21,25H,3-6,13-14,16-19H2,1-2H3,(H,35,36);1-2H3. The number of carboxylic acids is 1. The highest BCUT2D eigenvalue weighted by atomic mass is 35.5. The van der Waals surface area contributed by atoms with Gasteiger partial charge in [-0.2, -0.15) is 0 Å². The van der Waals surface area contributed by atoms with Crippen LogP contribution in [-0.4, -0.2) is 71.0 Å². The van der Waals surface area contributed by atoms with E-state index < -0.39 is 5.97 Å². The van der Waals surface area contributed by atoms with E-state index in [2.05, 4.69) is 11.0 Å². The number of aryl methyl sites for hydroxylation is 1. The molecule has 1 heterocycles. The molecule has 0 bridgehead atoms. The van der Waals surface area contributed by atoms with Crippen molar-refractivity contribution in [2.75, 3.05) is 33.3 Å². The molecule has 0 spiro atoms. The topological polar surface area (TPSA) is 90.4 Å². The number of urea groups is 1. The normalized spacial score (nSPS) is 16.4. The lowest BCUT2D eigenvalue weighted by atomic mass is 9.98. The number of nitrogens with zero attached hydrogens (tertiary/aromatic N) is 3. The Bertz CT molecular complexity index is 1150. The summed E-state index contributed by atoms with van der Waals surface area (Å²) in [6.45, 7) is 7.94. The van der Waals surface area contributed by atoms with Crippen LogP contribution in [0.25, 0.3) is 0 Å². The highest BCUT2D eigenvalue weighted by Gasteiger charge is 2.33. The van der Waals surface area contributed by atoms with Crippen molar-refractivity contribution in [1.29, 1.82) is 0 Å². The van der Waals surface area contributed by atoms with Crippen molar-refractivity contribution in [3.05, 3.63) is 64.2 Å². The van der Waals surface area contributed by atoms with Gasteiger partial charge in [-0.05, 0) is 60.6 Å². The van der Waals surface area contributed by atoms with Gasteiger partial charge in [0.05, 0.1) is 13.0 Å². The van der Waals surface area contributed by atoms with Crippen LogP contribution in [-0.2, 0) is 16.1 Å². The molecule has 40 heavy (non-hydrogen) atoms. The monoisotopic (exact) mass is 571 g/mol. The molecule has 8 nitrogen and oxygen atoms in total. The first-order chi connectivity index (χ1) is 19.2. The average Bonchev–Trinajstić information content (AvgIpc) is 3.53. The lowest BCUT2D eigenvalue weighted by Crippen LogP contribution is -2.35. The van der Waals surface area contributed by atoms with Crippen LogP contribution in [0, 0.1) is 12.8 Å². The van der Waals surface area contributed by atoms with Crippen molar-refractivity contribution in [1.82, 2.24) is 14.7 Å². The predicted octanol–water partition coefficient (Wildman–Crippen LogP) is 6.16. The summed E-state index contributed by atoms with van der Waals surface area (Å²) in [5.74, 6) is 0.204. The van der Waals surface area contributed by atoms with Gasteiger partial charge in [-0.3, -0.25) is 19.4 Å². The predicted molar refractivity (Wildman–Crippen MR) is 157 cm³/mol. The average molecular weight is 572 g/mol. The molecule has 0 aromatic heterocycles. The smallest absolute Gasteiger partial charge is 0.327 e. The quantitative estimate of drug-likeness (QED) is 0.307. The van der Waals surface area contributed by atoms with E-state index in [4.69, 9.17) is 16.3 Å². The van der Waals surface area contributed by atoms with Crippen molar-refractivity contribution in [3.8, 4) is 5.75 Å². The summed E-state index contributed by atoms with van der Waals surface area (Å²) >= 11 is 6.12. The number of carboxylic acid groups (broad SMARTS) is 1. The van der Waals surface area contributed by atoms with Crippen molar-refractivity contribution in [2.24, 2.45) is 5.92 Å². The molecule has 9 heteroatoms. The van der Waals surface area contributed by atoms with E-state index in [1.54, 1.807) is 7.05 Å². The number of ether oxygens (including phenoxy) is 1. The van der Waals surface area contributed by atoms with Crippen molar-refractivity contribution in [3.63, 3.8) is 0 Å². The number of imide groups is 1. The van der Waals surface area contributed by atoms with Gasteiger partial charge in [-0.15, -0.1) is 0 Å². The maximum absolute atomic E-state index is 12.1. The van der Waals surface area contributed by atoms with Crippen molar-refractivity contribution >= 4 is 29.5 Å². The fourth-order valence-corrected chi connectivity index (χ4v) is 5.60. The molecule has 1 unspecified atom stereocenters. The molecule has 1 aliphatic heterocycles. The van der Waals surface area contributed by atoms with E-state index in [0.29, 0.717) is 23.2 Å². The van der Waals surface area contributed by atoms with E-state index in [0.717, 1.165) is 23.2 Å². The zero-order valence-electron chi connectivity index (χ0n) is 24.1. The number of likely N-dealkylation sites (N-methyl/N-ethyl adjacent to an activating group) is 1. The Labute approximate surface area is 242 Å². The molecular formula is C31H42ClN3O5. The molecule has 1 aliphatic carbocycles. The summed E-state index contributed by atoms with van der Waals surface area (Å²) in [5.41, 5.74) is 2.97. The zero-order chi connectivity index (χ0) is 29.2. The number of aliphatic carboxylic acids is 1. The van der Waals surface area contributed by atoms with Crippen LogP contribution in [0.4, 0.5) is 4.79 Å². The molecule has 1 saturated heterocycles. The molecule has 1 N–H and O–H groups in total. The fraction of sp³-hybridized carbons (Fsp3) is 0.516. The van der Waals surface area contributed by atoms with Crippen LogP contribution in [0.3, 0.4) is 0 Å². The largest absolute Gasteiger partial charge is 0.491 e. The molecule has 1 saturated carbocycles. The fourth-order valence-electron chi connectivity index (χ4n) is 5.48. The van der Waals surface area contributed by atoms with Gasteiger partial charge in [0.1, 0.15) is 18.9 Å². The molecular weight excluding hydrogens is 530 g/mol. The molecule has 2 fully saturated rings. The van der Waals surface area contributed by atoms with Crippen LogP contribution in [0.1, 0.15) is 68.7 Å². The van der Waals surface area contributed by atoms with E-state index in [1.807, 2.05) is 57.2 Å². The van der Waals surface area contributed by atoms with E-state index in [1.165, 1.54) is 35.5 Å². The van der Waals surface area contributed by atoms with Gasteiger partial charge < -0.3 is 14.7 Å². The summed E-state index contributed by atoms with van der Waals surface area (Å²) in [4.78, 5) is 40.8. The van der Waals surface area contributed by atoms with Gasteiger partial charge >= 0.3 is 12.0 Å². The van der Waals surface area contributed by atoms with Crippen LogP contribution in [0.5, 0.6) is 5.75 Å². The van der Waals surface area contributed by atoms with Gasteiger partial charge in [0, 0.05) is 31.2 Å². The van der Waals surface area contributed by atoms with Crippen molar-refractivity contribution in [2.45, 2.75) is 65.5 Å². The number of benzene rings is 2. The Balaban J connectivity index is 0.00000216. The summed E-state index contributed by atoms with van der Waals surface area (Å²) in [6, 6.07) is 12.9. The second-order valence-corrected chi connectivity index (χ2v) is 10.8.